The summed E-state index contributed by atoms with van der Waals surface area (Å²) in [7, 11) is 0. The van der Waals surface area contributed by atoms with Crippen LogP contribution in [0, 0.1) is 0 Å². The Balaban J connectivity index is 2.81. The molecule has 0 aromatic heterocycles. The molecule has 88 valence electrons. The van der Waals surface area contributed by atoms with Gasteiger partial charge in [0.05, 0.1) is 0 Å². The second kappa shape index (κ2) is 5.29. The quantitative estimate of drug-likeness (QED) is 0.618. The van der Waals surface area contributed by atoms with E-state index in [1.807, 2.05) is 0 Å². The van der Waals surface area contributed by atoms with Crippen LogP contribution in [0.25, 0.3) is 0 Å². The number of hydrogen-bond donors (Lipinski definition) is 2. The first-order chi connectivity index (χ1) is 7.50. The lowest BCUT2D eigenvalue weighted by Gasteiger charge is -2.07. The number of phenolic OH excluding ortho intramolecular Hbond substituents is 1. The van der Waals surface area contributed by atoms with Crippen LogP contribution in [0.15, 0.2) is 18.2 Å². The number of carbonyl (C=O) groups is 1. The number of benzene rings is 1. The van der Waals surface area contributed by atoms with Gasteiger partial charge in [-0.2, -0.15) is 0 Å². The highest BCUT2D eigenvalue weighted by Gasteiger charge is 2.12. The van der Waals surface area contributed by atoms with Gasteiger partial charge in [0.25, 0.3) is 0 Å². The van der Waals surface area contributed by atoms with Crippen molar-refractivity contribution < 1.29 is 28.5 Å². The molecule has 0 atom stereocenters. The van der Waals surface area contributed by atoms with Crippen molar-refractivity contribution in [3.8, 4) is 11.5 Å². The Morgan fingerprint density at radius 3 is 2.69 bits per heavy atom. The summed E-state index contributed by atoms with van der Waals surface area (Å²) in [5.74, 6) is -0.662. The largest absolute Gasteiger partial charge is 0.511 e. The van der Waals surface area contributed by atoms with Crippen molar-refractivity contribution in [2.75, 3.05) is 0 Å². The molecule has 1 aromatic rings. The van der Waals surface area contributed by atoms with Crippen molar-refractivity contribution in [1.82, 2.24) is 0 Å². The molecule has 16 heavy (non-hydrogen) atoms. The minimum Gasteiger partial charge on any atom is -0.504 e. The van der Waals surface area contributed by atoms with Crippen LogP contribution in [0.5, 0.6) is 11.5 Å². The molecule has 0 fully saturated rings. The molecule has 0 aliphatic heterocycles. The molecule has 4 nitrogen and oxygen atoms in total. The molecule has 0 saturated carbocycles. The Morgan fingerprint density at radius 1 is 1.44 bits per heavy atom. The van der Waals surface area contributed by atoms with E-state index in [9.17, 15) is 18.7 Å². The van der Waals surface area contributed by atoms with Gasteiger partial charge in [0.1, 0.15) is 0 Å². The average molecular weight is 232 g/mol. The van der Waals surface area contributed by atoms with Gasteiger partial charge in [-0.05, 0) is 18.1 Å². The highest BCUT2D eigenvalue weighted by Crippen LogP contribution is 2.31. The third-order valence-electron chi connectivity index (χ3n) is 1.91. The lowest BCUT2D eigenvalue weighted by Crippen LogP contribution is -2.04. The summed E-state index contributed by atoms with van der Waals surface area (Å²) in [5, 5.41) is 17.9. The lowest BCUT2D eigenvalue weighted by molar-refractivity contribution is 0.136. The maximum atomic E-state index is 12.0. The third-order valence-corrected chi connectivity index (χ3v) is 1.91. The maximum absolute atomic E-state index is 12.0. The van der Waals surface area contributed by atoms with Crippen LogP contribution in [0.1, 0.15) is 12.0 Å². The molecule has 0 heterocycles. The van der Waals surface area contributed by atoms with Gasteiger partial charge in [0.15, 0.2) is 11.5 Å². The van der Waals surface area contributed by atoms with Crippen molar-refractivity contribution >= 4 is 6.16 Å². The minimum absolute atomic E-state index is 0.0414. The van der Waals surface area contributed by atoms with Crippen LogP contribution in [0.2, 0.25) is 0 Å². The fourth-order valence-electron chi connectivity index (χ4n) is 1.21. The number of halogens is 2. The molecule has 0 saturated heterocycles. The number of phenols is 1. The van der Waals surface area contributed by atoms with Crippen LogP contribution < -0.4 is 4.74 Å². The molecular formula is C10H10F2O4. The highest BCUT2D eigenvalue weighted by molar-refractivity contribution is 5.63. The Labute approximate surface area is 90.1 Å². The fraction of sp³-hybridized carbons (Fsp3) is 0.300. The smallest absolute Gasteiger partial charge is 0.504 e. The summed E-state index contributed by atoms with van der Waals surface area (Å²) in [6.07, 6.45) is -4.48. The zero-order valence-electron chi connectivity index (χ0n) is 8.19. The van der Waals surface area contributed by atoms with Crippen molar-refractivity contribution in [1.29, 1.82) is 0 Å². The van der Waals surface area contributed by atoms with Crippen molar-refractivity contribution in [2.45, 2.75) is 19.3 Å². The third kappa shape index (κ3) is 3.38. The molecule has 2 N–H and O–H groups in total. The number of ether oxygens (including phenoxy) is 1. The van der Waals surface area contributed by atoms with Crippen LogP contribution >= 0.6 is 0 Å². The summed E-state index contributed by atoms with van der Waals surface area (Å²) < 4.78 is 28.2. The monoisotopic (exact) mass is 232 g/mol. The topological polar surface area (TPSA) is 66.8 Å². The van der Waals surface area contributed by atoms with Crippen LogP contribution in [0.4, 0.5) is 13.6 Å². The molecule has 0 unspecified atom stereocenters. The van der Waals surface area contributed by atoms with Gasteiger partial charge < -0.3 is 14.9 Å². The van der Waals surface area contributed by atoms with Crippen molar-refractivity contribution in [2.24, 2.45) is 0 Å². The SMILES string of the molecule is O=C(O)Oc1cccc(CCC(F)F)c1O. The van der Waals surface area contributed by atoms with Crippen LogP contribution in [0.3, 0.4) is 0 Å². The summed E-state index contributed by atoms with van der Waals surface area (Å²) in [5.41, 5.74) is 0.235. The molecule has 0 spiro atoms. The first kappa shape index (κ1) is 12.2. The summed E-state index contributed by atoms with van der Waals surface area (Å²) in [4.78, 5) is 10.2. The molecule has 6 heteroatoms. The zero-order chi connectivity index (χ0) is 12.1. The zero-order valence-corrected chi connectivity index (χ0v) is 8.19. The standard InChI is InChI=1S/C10H10F2O4/c11-8(12)5-4-6-2-1-3-7(9(6)13)16-10(14)15/h1-3,8,13H,4-5H2,(H,14,15). The molecule has 0 amide bonds. The number of para-hydroxylation sites is 1. The van der Waals surface area contributed by atoms with E-state index in [4.69, 9.17) is 5.11 Å². The average Bonchev–Trinajstić information content (AvgIpc) is 2.18. The maximum Gasteiger partial charge on any atom is 0.511 e. The van der Waals surface area contributed by atoms with Crippen molar-refractivity contribution in [3.63, 3.8) is 0 Å². The van der Waals surface area contributed by atoms with Crippen LogP contribution in [-0.4, -0.2) is 22.8 Å². The first-order valence-corrected chi connectivity index (χ1v) is 4.50. The second-order valence-corrected chi connectivity index (χ2v) is 3.06. The predicted octanol–water partition coefficient (Wildman–Crippen LogP) is 2.65. The number of aromatic hydroxyl groups is 1. The van der Waals surface area contributed by atoms with E-state index >= 15 is 0 Å². The van der Waals surface area contributed by atoms with Gasteiger partial charge in [-0.3, -0.25) is 0 Å². The second-order valence-electron chi connectivity index (χ2n) is 3.06. The first-order valence-electron chi connectivity index (χ1n) is 4.50. The van der Waals surface area contributed by atoms with E-state index in [0.717, 1.165) is 0 Å². The molecule has 1 rings (SSSR count). The molecular weight excluding hydrogens is 222 g/mol. The Morgan fingerprint density at radius 2 is 2.12 bits per heavy atom. The molecule has 0 bridgehead atoms. The molecule has 0 aliphatic carbocycles. The number of alkyl halides is 2. The Hall–Kier alpha value is -1.85. The number of hydrogen-bond acceptors (Lipinski definition) is 3. The minimum atomic E-state index is -2.47. The highest BCUT2D eigenvalue weighted by atomic mass is 19.3. The van der Waals surface area contributed by atoms with Gasteiger partial charge in [0.2, 0.25) is 6.43 Å². The van der Waals surface area contributed by atoms with Crippen LogP contribution in [-0.2, 0) is 6.42 Å². The molecule has 0 aliphatic rings. The Kier molecular flexibility index (Phi) is 4.04. The van der Waals surface area contributed by atoms with E-state index in [2.05, 4.69) is 4.74 Å². The number of aryl methyl sites for hydroxylation is 1. The van der Waals surface area contributed by atoms with E-state index in [0.29, 0.717) is 0 Å². The summed E-state index contributed by atoms with van der Waals surface area (Å²) in [6, 6.07) is 4.11. The van der Waals surface area contributed by atoms with Gasteiger partial charge in [-0.15, -0.1) is 0 Å². The predicted molar refractivity (Wildman–Crippen MR) is 51.1 cm³/mol. The molecule has 0 radical (unpaired) electrons. The number of rotatable bonds is 4. The summed E-state index contributed by atoms with van der Waals surface area (Å²) >= 11 is 0. The van der Waals surface area contributed by atoms with Gasteiger partial charge in [-0.1, -0.05) is 12.1 Å². The summed E-state index contributed by atoms with van der Waals surface area (Å²) in [6.45, 7) is 0. The molecule has 1 aromatic carbocycles. The Bertz CT molecular complexity index is 379. The van der Waals surface area contributed by atoms with E-state index in [1.165, 1.54) is 18.2 Å². The van der Waals surface area contributed by atoms with E-state index in [-0.39, 0.29) is 17.7 Å². The van der Waals surface area contributed by atoms with Gasteiger partial charge in [0, 0.05) is 6.42 Å². The normalized spacial score (nSPS) is 10.4. The number of carboxylic acid groups (broad SMARTS) is 1. The van der Waals surface area contributed by atoms with E-state index in [1.54, 1.807) is 0 Å². The lowest BCUT2D eigenvalue weighted by atomic mass is 10.1. The van der Waals surface area contributed by atoms with Gasteiger partial charge >= 0.3 is 6.16 Å². The van der Waals surface area contributed by atoms with E-state index < -0.39 is 24.8 Å². The van der Waals surface area contributed by atoms with Gasteiger partial charge in [-0.25, -0.2) is 13.6 Å². The van der Waals surface area contributed by atoms with Crippen molar-refractivity contribution in [3.05, 3.63) is 23.8 Å². The fourth-order valence-corrected chi connectivity index (χ4v) is 1.21.